The van der Waals surface area contributed by atoms with E-state index in [1.165, 1.54) is 6.33 Å². The van der Waals surface area contributed by atoms with Crippen molar-refractivity contribution >= 4 is 22.9 Å². The average molecular weight is 381 g/mol. The smallest absolute Gasteiger partial charge is 0.256 e. The van der Waals surface area contributed by atoms with Gasteiger partial charge in [0, 0.05) is 18.1 Å². The minimum absolute atomic E-state index is 0.0581. The van der Waals surface area contributed by atoms with Gasteiger partial charge in [0.2, 0.25) is 0 Å². The number of fused-ring (bicyclic) bond motifs is 2. The Morgan fingerprint density at radius 2 is 2.00 bits per heavy atom. The second-order valence-electron chi connectivity index (χ2n) is 7.41. The van der Waals surface area contributed by atoms with Gasteiger partial charge in [0.05, 0.1) is 18.0 Å². The zero-order chi connectivity index (χ0) is 19.5. The van der Waals surface area contributed by atoms with Crippen LogP contribution in [0.15, 0.2) is 43.0 Å². The number of amides is 1. The standard InChI is InChI=1S/C19H19N5O4/c25-7-11-12-6-19(12,15(27)14(11)26)24-9-22-13-16(20-8-21-17(13)24)23-18(28)10-4-2-1-3-5-10/h1-5,8-9,11-12,14-15,25-27H,6-7H2,(H,20,21,23,28)/t11-,12-,14+,15+,19?/m0/s1. The van der Waals surface area contributed by atoms with Crippen LogP contribution in [0.5, 0.6) is 0 Å². The Balaban J connectivity index is 1.52. The minimum Gasteiger partial charge on any atom is -0.396 e. The van der Waals surface area contributed by atoms with Crippen molar-refractivity contribution in [2.24, 2.45) is 11.8 Å². The second kappa shape index (κ2) is 6.06. The van der Waals surface area contributed by atoms with Crippen molar-refractivity contribution in [3.05, 3.63) is 48.5 Å². The third kappa shape index (κ3) is 2.24. The number of benzene rings is 1. The van der Waals surface area contributed by atoms with Crippen molar-refractivity contribution in [3.8, 4) is 0 Å². The van der Waals surface area contributed by atoms with Gasteiger partial charge in [-0.2, -0.15) is 0 Å². The van der Waals surface area contributed by atoms with Crippen LogP contribution in [-0.4, -0.2) is 59.6 Å². The van der Waals surface area contributed by atoms with Crippen molar-refractivity contribution in [3.63, 3.8) is 0 Å². The number of anilines is 1. The molecule has 9 heteroatoms. The first kappa shape index (κ1) is 17.2. The van der Waals surface area contributed by atoms with E-state index in [1.54, 1.807) is 35.2 Å². The molecule has 2 aromatic heterocycles. The molecule has 0 saturated heterocycles. The number of hydrogen-bond acceptors (Lipinski definition) is 7. The fourth-order valence-corrected chi connectivity index (χ4v) is 4.58. The van der Waals surface area contributed by atoms with Crippen LogP contribution in [0.1, 0.15) is 16.8 Å². The van der Waals surface area contributed by atoms with E-state index in [0.717, 1.165) is 0 Å². The third-order valence-electron chi connectivity index (χ3n) is 6.08. The third-order valence-corrected chi connectivity index (χ3v) is 6.08. The number of nitrogens with zero attached hydrogens (tertiary/aromatic N) is 4. The molecule has 144 valence electrons. The molecule has 0 spiro atoms. The zero-order valence-corrected chi connectivity index (χ0v) is 14.8. The Morgan fingerprint density at radius 1 is 1.21 bits per heavy atom. The highest BCUT2D eigenvalue weighted by Crippen LogP contribution is 2.64. The van der Waals surface area contributed by atoms with E-state index in [4.69, 9.17) is 0 Å². The Kier molecular flexibility index (Phi) is 3.73. The maximum Gasteiger partial charge on any atom is 0.256 e. The van der Waals surface area contributed by atoms with Gasteiger partial charge in [0.25, 0.3) is 5.91 Å². The first-order chi connectivity index (χ1) is 13.6. The Bertz CT molecular complexity index is 1050. The van der Waals surface area contributed by atoms with Gasteiger partial charge in [-0.05, 0) is 24.5 Å². The van der Waals surface area contributed by atoms with Gasteiger partial charge in [-0.1, -0.05) is 18.2 Å². The molecule has 5 rings (SSSR count). The van der Waals surface area contributed by atoms with Crippen molar-refractivity contribution < 1.29 is 20.1 Å². The molecular weight excluding hydrogens is 362 g/mol. The molecule has 9 nitrogen and oxygen atoms in total. The molecule has 0 bridgehead atoms. The first-order valence-corrected chi connectivity index (χ1v) is 9.10. The van der Waals surface area contributed by atoms with E-state index in [0.29, 0.717) is 23.1 Å². The quantitative estimate of drug-likeness (QED) is 0.505. The lowest BCUT2D eigenvalue weighted by atomic mass is 10.0. The summed E-state index contributed by atoms with van der Waals surface area (Å²) in [6.45, 7) is -0.190. The molecule has 1 aromatic carbocycles. The molecule has 28 heavy (non-hydrogen) atoms. The summed E-state index contributed by atoms with van der Waals surface area (Å²) < 4.78 is 1.75. The Labute approximate surface area is 159 Å². The molecule has 2 saturated carbocycles. The molecule has 2 heterocycles. The van der Waals surface area contributed by atoms with Crippen LogP contribution in [0.2, 0.25) is 0 Å². The number of imidazole rings is 1. The lowest BCUT2D eigenvalue weighted by Crippen LogP contribution is -2.38. The summed E-state index contributed by atoms with van der Waals surface area (Å²) in [5, 5.41) is 33.2. The Morgan fingerprint density at radius 3 is 2.71 bits per heavy atom. The molecule has 1 amide bonds. The van der Waals surface area contributed by atoms with Crippen LogP contribution in [0.3, 0.4) is 0 Å². The fourth-order valence-electron chi connectivity index (χ4n) is 4.58. The molecule has 0 aliphatic heterocycles. The van der Waals surface area contributed by atoms with Gasteiger partial charge >= 0.3 is 0 Å². The van der Waals surface area contributed by atoms with Crippen LogP contribution in [-0.2, 0) is 5.54 Å². The number of aliphatic hydroxyl groups excluding tert-OH is 3. The molecule has 5 atom stereocenters. The summed E-state index contributed by atoms with van der Waals surface area (Å²) in [7, 11) is 0. The first-order valence-electron chi connectivity index (χ1n) is 9.10. The monoisotopic (exact) mass is 381 g/mol. The van der Waals surface area contributed by atoms with E-state index in [2.05, 4.69) is 20.3 Å². The lowest BCUT2D eigenvalue weighted by Gasteiger charge is -2.23. The number of hydrogen-bond donors (Lipinski definition) is 4. The van der Waals surface area contributed by atoms with E-state index in [9.17, 15) is 20.1 Å². The molecule has 2 aliphatic carbocycles. The topological polar surface area (TPSA) is 133 Å². The number of aliphatic hydroxyl groups is 3. The number of carbonyl (C=O) groups is 1. The predicted octanol–water partition coefficient (Wildman–Crippen LogP) is 0.138. The Hall–Kier alpha value is -2.88. The van der Waals surface area contributed by atoms with Gasteiger partial charge in [-0.25, -0.2) is 15.0 Å². The summed E-state index contributed by atoms with van der Waals surface area (Å²) in [6, 6.07) is 8.77. The highest BCUT2D eigenvalue weighted by atomic mass is 16.3. The number of carbonyl (C=O) groups excluding carboxylic acids is 1. The normalized spacial score (nSPS) is 31.0. The van der Waals surface area contributed by atoms with E-state index in [1.807, 2.05) is 6.07 Å². The van der Waals surface area contributed by atoms with Gasteiger partial charge in [-0.15, -0.1) is 0 Å². The highest BCUT2D eigenvalue weighted by Gasteiger charge is 2.72. The largest absolute Gasteiger partial charge is 0.396 e. The summed E-state index contributed by atoms with van der Waals surface area (Å²) in [5.74, 6) is -0.476. The number of aromatic nitrogens is 4. The molecule has 2 fully saturated rings. The van der Waals surface area contributed by atoms with Crippen molar-refractivity contribution in [1.82, 2.24) is 19.5 Å². The zero-order valence-electron chi connectivity index (χ0n) is 14.8. The second-order valence-corrected chi connectivity index (χ2v) is 7.41. The number of rotatable bonds is 4. The molecule has 1 unspecified atom stereocenters. The van der Waals surface area contributed by atoms with Crippen LogP contribution in [0.4, 0.5) is 5.82 Å². The molecular formula is C19H19N5O4. The fraction of sp³-hybridized carbons (Fsp3) is 0.368. The molecule has 0 radical (unpaired) electrons. The maximum atomic E-state index is 12.5. The number of nitrogens with one attached hydrogen (secondary N) is 1. The van der Waals surface area contributed by atoms with Crippen LogP contribution in [0.25, 0.3) is 11.2 Å². The SMILES string of the molecule is O=C(Nc1ncnc2c1ncn2C12C[C@H]1[C@H](CO)[C@@H](O)[C@H]2O)c1ccccc1. The predicted molar refractivity (Wildman–Crippen MR) is 98.4 cm³/mol. The molecule has 4 N–H and O–H groups in total. The highest BCUT2D eigenvalue weighted by molar-refractivity contribution is 6.06. The summed E-state index contributed by atoms with van der Waals surface area (Å²) >= 11 is 0. The average Bonchev–Trinajstić information content (AvgIpc) is 3.22. The summed E-state index contributed by atoms with van der Waals surface area (Å²) in [6.07, 6.45) is 1.48. The van der Waals surface area contributed by atoms with Crippen LogP contribution < -0.4 is 5.32 Å². The molecule has 3 aromatic rings. The lowest BCUT2D eigenvalue weighted by molar-refractivity contribution is -0.0272. The van der Waals surface area contributed by atoms with Gasteiger partial charge in [0.15, 0.2) is 17.0 Å². The van der Waals surface area contributed by atoms with Gasteiger partial charge < -0.3 is 25.2 Å². The molecule has 2 aliphatic rings. The van der Waals surface area contributed by atoms with Crippen LogP contribution in [0, 0.1) is 11.8 Å². The summed E-state index contributed by atoms with van der Waals surface area (Å²) in [5.41, 5.74) is 0.623. The van der Waals surface area contributed by atoms with E-state index < -0.39 is 17.7 Å². The van der Waals surface area contributed by atoms with Crippen molar-refractivity contribution in [2.75, 3.05) is 11.9 Å². The maximum absolute atomic E-state index is 12.5. The summed E-state index contributed by atoms with van der Waals surface area (Å²) in [4.78, 5) is 25.3. The van der Waals surface area contributed by atoms with Gasteiger partial charge in [0.1, 0.15) is 12.4 Å². The minimum atomic E-state index is -1.02. The van der Waals surface area contributed by atoms with Crippen molar-refractivity contribution in [1.29, 1.82) is 0 Å². The van der Waals surface area contributed by atoms with Gasteiger partial charge in [-0.3, -0.25) is 4.79 Å². The van der Waals surface area contributed by atoms with E-state index in [-0.39, 0.29) is 30.2 Å². The van der Waals surface area contributed by atoms with Crippen LogP contribution >= 0.6 is 0 Å². The van der Waals surface area contributed by atoms with E-state index >= 15 is 0 Å². The van der Waals surface area contributed by atoms with Crippen molar-refractivity contribution in [2.45, 2.75) is 24.2 Å².